The SMILES string of the molecule is COC1CCC(Cl)C(=O)C1=Cc1ccccc1. The standard InChI is InChI=1S/C14H15ClO2/c1-17-13-8-7-12(15)14(16)11(13)9-10-5-3-2-4-6-10/h2-6,9,12-13H,7-8H2,1H3. The lowest BCUT2D eigenvalue weighted by molar-refractivity contribution is -0.117. The van der Waals surface area contributed by atoms with Gasteiger partial charge in [-0.25, -0.2) is 0 Å². The van der Waals surface area contributed by atoms with E-state index in [0.717, 1.165) is 12.0 Å². The van der Waals surface area contributed by atoms with Gasteiger partial charge in [-0.15, -0.1) is 11.6 Å². The Balaban J connectivity index is 2.32. The minimum atomic E-state index is -0.406. The molecule has 1 aliphatic carbocycles. The van der Waals surface area contributed by atoms with Crippen molar-refractivity contribution in [1.82, 2.24) is 0 Å². The zero-order valence-electron chi connectivity index (χ0n) is 9.73. The molecule has 0 heterocycles. The van der Waals surface area contributed by atoms with Crippen molar-refractivity contribution < 1.29 is 9.53 Å². The molecule has 1 aromatic carbocycles. The smallest absolute Gasteiger partial charge is 0.179 e. The molecule has 90 valence electrons. The number of ether oxygens (including phenoxy) is 1. The molecule has 1 aliphatic rings. The topological polar surface area (TPSA) is 26.3 Å². The van der Waals surface area contributed by atoms with Crippen LogP contribution in [0.4, 0.5) is 0 Å². The zero-order chi connectivity index (χ0) is 12.3. The van der Waals surface area contributed by atoms with E-state index < -0.39 is 5.38 Å². The Morgan fingerprint density at radius 3 is 2.65 bits per heavy atom. The summed E-state index contributed by atoms with van der Waals surface area (Å²) in [6.07, 6.45) is 3.24. The van der Waals surface area contributed by atoms with Crippen molar-refractivity contribution in [2.24, 2.45) is 0 Å². The predicted octanol–water partition coefficient (Wildman–Crippen LogP) is 3.06. The minimum absolute atomic E-state index is 0.00591. The van der Waals surface area contributed by atoms with E-state index in [0.29, 0.717) is 12.0 Å². The van der Waals surface area contributed by atoms with Gasteiger partial charge in [0.05, 0.1) is 11.5 Å². The normalized spacial score (nSPS) is 27.4. The fourth-order valence-electron chi connectivity index (χ4n) is 2.06. The molecule has 1 aromatic rings. The highest BCUT2D eigenvalue weighted by Crippen LogP contribution is 2.28. The number of Topliss-reactive ketones (excluding diaryl/α,β-unsaturated/α-hetero) is 1. The number of benzene rings is 1. The van der Waals surface area contributed by atoms with Crippen molar-refractivity contribution >= 4 is 23.5 Å². The van der Waals surface area contributed by atoms with E-state index in [1.54, 1.807) is 7.11 Å². The van der Waals surface area contributed by atoms with Gasteiger partial charge in [0, 0.05) is 12.7 Å². The Morgan fingerprint density at radius 1 is 1.29 bits per heavy atom. The van der Waals surface area contributed by atoms with Gasteiger partial charge in [0.2, 0.25) is 0 Å². The summed E-state index contributed by atoms with van der Waals surface area (Å²) in [5.74, 6) is -0.00591. The van der Waals surface area contributed by atoms with Crippen molar-refractivity contribution in [3.8, 4) is 0 Å². The number of hydrogen-bond donors (Lipinski definition) is 0. The molecule has 2 atom stereocenters. The molecule has 1 fully saturated rings. The fourth-order valence-corrected chi connectivity index (χ4v) is 2.31. The van der Waals surface area contributed by atoms with Gasteiger partial charge < -0.3 is 4.74 Å². The highest BCUT2D eigenvalue weighted by Gasteiger charge is 2.31. The second-order valence-corrected chi connectivity index (χ2v) is 4.67. The van der Waals surface area contributed by atoms with Crippen LogP contribution in [-0.4, -0.2) is 24.4 Å². The number of carbonyl (C=O) groups excluding carboxylic acids is 1. The second kappa shape index (κ2) is 5.48. The molecule has 0 aliphatic heterocycles. The van der Waals surface area contributed by atoms with Gasteiger partial charge in [-0.3, -0.25) is 4.79 Å². The fraction of sp³-hybridized carbons (Fsp3) is 0.357. The van der Waals surface area contributed by atoms with Gasteiger partial charge in [0.25, 0.3) is 0 Å². The molecule has 0 spiro atoms. The molecule has 2 unspecified atom stereocenters. The first kappa shape index (κ1) is 12.3. The Labute approximate surface area is 106 Å². The molecule has 0 aromatic heterocycles. The average molecular weight is 251 g/mol. The van der Waals surface area contributed by atoms with Crippen LogP contribution in [0.2, 0.25) is 0 Å². The van der Waals surface area contributed by atoms with E-state index in [4.69, 9.17) is 16.3 Å². The molecule has 0 saturated heterocycles. The molecule has 0 bridgehead atoms. The quantitative estimate of drug-likeness (QED) is 0.596. The summed E-state index contributed by atoms with van der Waals surface area (Å²) in [6, 6.07) is 9.76. The van der Waals surface area contributed by atoms with E-state index in [9.17, 15) is 4.79 Å². The molecule has 2 rings (SSSR count). The van der Waals surface area contributed by atoms with Crippen LogP contribution in [0.1, 0.15) is 18.4 Å². The first-order chi connectivity index (χ1) is 8.22. The Bertz CT molecular complexity index is 425. The van der Waals surface area contributed by atoms with Crippen LogP contribution in [0.5, 0.6) is 0 Å². The molecular weight excluding hydrogens is 236 g/mol. The zero-order valence-corrected chi connectivity index (χ0v) is 10.5. The van der Waals surface area contributed by atoms with Crippen LogP contribution in [0.15, 0.2) is 35.9 Å². The summed E-state index contributed by atoms with van der Waals surface area (Å²) in [7, 11) is 1.63. The second-order valence-electron chi connectivity index (χ2n) is 4.14. The molecular formula is C14H15ClO2. The van der Waals surface area contributed by atoms with Crippen molar-refractivity contribution in [2.75, 3.05) is 7.11 Å². The average Bonchev–Trinajstić information content (AvgIpc) is 2.37. The molecule has 17 heavy (non-hydrogen) atoms. The van der Waals surface area contributed by atoms with Crippen LogP contribution < -0.4 is 0 Å². The summed E-state index contributed by atoms with van der Waals surface area (Å²) in [6.45, 7) is 0. The molecule has 2 nitrogen and oxygen atoms in total. The van der Waals surface area contributed by atoms with E-state index in [2.05, 4.69) is 0 Å². The third-order valence-corrected chi connectivity index (χ3v) is 3.42. The van der Waals surface area contributed by atoms with Crippen LogP contribution in [0.25, 0.3) is 6.08 Å². The van der Waals surface area contributed by atoms with Crippen molar-refractivity contribution in [1.29, 1.82) is 0 Å². The van der Waals surface area contributed by atoms with Gasteiger partial charge in [-0.1, -0.05) is 30.3 Å². The summed E-state index contributed by atoms with van der Waals surface area (Å²) in [5.41, 5.74) is 1.69. The third kappa shape index (κ3) is 2.76. The van der Waals surface area contributed by atoms with Gasteiger partial charge >= 0.3 is 0 Å². The Kier molecular flexibility index (Phi) is 3.97. The first-order valence-electron chi connectivity index (χ1n) is 5.70. The lowest BCUT2D eigenvalue weighted by Crippen LogP contribution is -2.32. The summed E-state index contributed by atoms with van der Waals surface area (Å²) < 4.78 is 5.35. The lowest BCUT2D eigenvalue weighted by Gasteiger charge is -2.26. The van der Waals surface area contributed by atoms with Crippen molar-refractivity contribution in [3.63, 3.8) is 0 Å². The summed E-state index contributed by atoms with van der Waals surface area (Å²) >= 11 is 6.00. The maximum atomic E-state index is 12.0. The monoisotopic (exact) mass is 250 g/mol. The molecule has 0 radical (unpaired) electrons. The number of methoxy groups -OCH3 is 1. The maximum absolute atomic E-state index is 12.0. The van der Waals surface area contributed by atoms with E-state index in [1.165, 1.54) is 0 Å². The highest BCUT2D eigenvalue weighted by molar-refractivity contribution is 6.34. The molecule has 0 amide bonds. The number of rotatable bonds is 2. The number of carbonyl (C=O) groups is 1. The van der Waals surface area contributed by atoms with E-state index in [-0.39, 0.29) is 11.9 Å². The Morgan fingerprint density at radius 2 is 2.00 bits per heavy atom. The third-order valence-electron chi connectivity index (χ3n) is 3.00. The number of alkyl halides is 1. The predicted molar refractivity (Wildman–Crippen MR) is 69.1 cm³/mol. The minimum Gasteiger partial charge on any atom is -0.377 e. The van der Waals surface area contributed by atoms with Crippen molar-refractivity contribution in [3.05, 3.63) is 41.5 Å². The lowest BCUT2D eigenvalue weighted by atomic mass is 9.89. The number of halogens is 1. The van der Waals surface area contributed by atoms with Gasteiger partial charge in [-0.05, 0) is 24.5 Å². The summed E-state index contributed by atoms with van der Waals surface area (Å²) in [4.78, 5) is 12.0. The first-order valence-corrected chi connectivity index (χ1v) is 6.13. The largest absolute Gasteiger partial charge is 0.377 e. The molecule has 1 saturated carbocycles. The number of hydrogen-bond acceptors (Lipinski definition) is 2. The van der Waals surface area contributed by atoms with E-state index >= 15 is 0 Å². The van der Waals surface area contributed by atoms with Crippen molar-refractivity contribution in [2.45, 2.75) is 24.3 Å². The van der Waals surface area contributed by atoms with Crippen LogP contribution in [0, 0.1) is 0 Å². The van der Waals surface area contributed by atoms with E-state index in [1.807, 2.05) is 36.4 Å². The molecule has 0 N–H and O–H groups in total. The van der Waals surface area contributed by atoms with Crippen LogP contribution in [-0.2, 0) is 9.53 Å². The van der Waals surface area contributed by atoms with Crippen LogP contribution in [0.3, 0.4) is 0 Å². The van der Waals surface area contributed by atoms with Crippen LogP contribution >= 0.6 is 11.6 Å². The number of ketones is 1. The molecule has 3 heteroatoms. The Hall–Kier alpha value is -1.12. The van der Waals surface area contributed by atoms with Gasteiger partial charge in [0.1, 0.15) is 0 Å². The summed E-state index contributed by atoms with van der Waals surface area (Å²) in [5, 5.41) is -0.406. The maximum Gasteiger partial charge on any atom is 0.179 e. The highest BCUT2D eigenvalue weighted by atomic mass is 35.5. The van der Waals surface area contributed by atoms with Gasteiger partial charge in [0.15, 0.2) is 5.78 Å². The van der Waals surface area contributed by atoms with Gasteiger partial charge in [-0.2, -0.15) is 0 Å².